The van der Waals surface area contributed by atoms with Crippen molar-refractivity contribution in [2.75, 3.05) is 0 Å². The number of benzene rings is 2. The third-order valence-corrected chi connectivity index (χ3v) is 4.53. The van der Waals surface area contributed by atoms with E-state index in [2.05, 4.69) is 23.5 Å². The van der Waals surface area contributed by atoms with Crippen LogP contribution in [0.3, 0.4) is 0 Å². The molecule has 0 radical (unpaired) electrons. The fourth-order valence-electron chi connectivity index (χ4n) is 2.84. The Balaban J connectivity index is 2.05. The molecule has 1 amide bonds. The zero-order chi connectivity index (χ0) is 15.7. The van der Waals surface area contributed by atoms with Crippen LogP contribution >= 0.6 is 23.2 Å². The van der Waals surface area contributed by atoms with Crippen LogP contribution in [0.1, 0.15) is 36.1 Å². The predicted octanol–water partition coefficient (Wildman–Crippen LogP) is 5.01. The molecule has 3 rings (SSSR count). The number of carbonyl (C=O) groups is 1. The highest BCUT2D eigenvalue weighted by atomic mass is 35.5. The van der Waals surface area contributed by atoms with Crippen LogP contribution in [-0.4, -0.2) is 5.91 Å². The molecule has 22 heavy (non-hydrogen) atoms. The second-order valence-electron chi connectivity index (χ2n) is 5.32. The van der Waals surface area contributed by atoms with E-state index in [0.717, 1.165) is 28.7 Å². The molecule has 4 heteroatoms. The van der Waals surface area contributed by atoms with Crippen molar-refractivity contribution in [3.8, 4) is 0 Å². The lowest BCUT2D eigenvalue weighted by molar-refractivity contribution is -0.119. The van der Waals surface area contributed by atoms with Crippen molar-refractivity contribution in [1.29, 1.82) is 0 Å². The molecule has 2 nitrogen and oxygen atoms in total. The molecule has 112 valence electrons. The molecule has 2 aromatic carbocycles. The van der Waals surface area contributed by atoms with Crippen molar-refractivity contribution in [2.45, 2.75) is 19.4 Å². The molecule has 1 aliphatic carbocycles. The van der Waals surface area contributed by atoms with Crippen molar-refractivity contribution < 1.29 is 4.79 Å². The summed E-state index contributed by atoms with van der Waals surface area (Å²) >= 11 is 12.1. The van der Waals surface area contributed by atoms with Crippen molar-refractivity contribution in [3.05, 3.63) is 75.3 Å². The molecule has 0 spiro atoms. The molecular formula is C18H15Cl2NO. The average molecular weight is 332 g/mol. The molecular weight excluding hydrogens is 317 g/mol. The van der Waals surface area contributed by atoms with Crippen molar-refractivity contribution in [3.63, 3.8) is 0 Å². The highest BCUT2D eigenvalue weighted by Crippen LogP contribution is 2.38. The zero-order valence-electron chi connectivity index (χ0n) is 12.1. The van der Waals surface area contributed by atoms with Crippen molar-refractivity contribution in [1.82, 2.24) is 5.32 Å². The molecule has 1 unspecified atom stereocenters. The summed E-state index contributed by atoms with van der Waals surface area (Å²) in [5, 5.41) is 4.09. The number of halogens is 2. The summed E-state index contributed by atoms with van der Waals surface area (Å²) in [6.45, 7) is 1.54. The normalized spacial score (nSPS) is 16.7. The van der Waals surface area contributed by atoms with Crippen LogP contribution in [0, 0.1) is 0 Å². The average Bonchev–Trinajstić information content (AvgIpc) is 2.50. The minimum atomic E-state index is -0.0220. The molecule has 1 atom stereocenters. The third kappa shape index (κ3) is 2.90. The summed E-state index contributed by atoms with van der Waals surface area (Å²) in [5.41, 5.74) is 4.39. The molecule has 0 heterocycles. The van der Waals surface area contributed by atoms with Gasteiger partial charge < -0.3 is 5.32 Å². The fourth-order valence-corrected chi connectivity index (χ4v) is 3.14. The topological polar surface area (TPSA) is 29.1 Å². The van der Waals surface area contributed by atoms with E-state index in [1.54, 1.807) is 6.92 Å². The van der Waals surface area contributed by atoms with Crippen LogP contribution in [0.2, 0.25) is 10.0 Å². The summed E-state index contributed by atoms with van der Waals surface area (Å²) < 4.78 is 0. The minimum absolute atomic E-state index is 0.0141. The largest absolute Gasteiger partial charge is 0.349 e. The Morgan fingerprint density at radius 3 is 2.64 bits per heavy atom. The SMILES string of the molecule is CC(=O)NC1CC=C(c2ccc(Cl)c(Cl)c2)c2ccccc21. The van der Waals surface area contributed by atoms with Crippen molar-refractivity contribution >= 4 is 34.7 Å². The summed E-state index contributed by atoms with van der Waals surface area (Å²) in [4.78, 5) is 11.4. The van der Waals surface area contributed by atoms with Gasteiger partial charge in [0.15, 0.2) is 0 Å². The van der Waals surface area contributed by atoms with Gasteiger partial charge in [-0.1, -0.05) is 59.6 Å². The third-order valence-electron chi connectivity index (χ3n) is 3.79. The lowest BCUT2D eigenvalue weighted by atomic mass is 9.84. The molecule has 2 aromatic rings. The zero-order valence-corrected chi connectivity index (χ0v) is 13.6. The number of nitrogens with one attached hydrogen (secondary N) is 1. The summed E-state index contributed by atoms with van der Waals surface area (Å²) in [6, 6.07) is 13.8. The Bertz CT molecular complexity index is 767. The van der Waals surface area contributed by atoms with Crippen LogP contribution in [0.4, 0.5) is 0 Å². The van der Waals surface area contributed by atoms with Gasteiger partial charge in [-0.25, -0.2) is 0 Å². The second-order valence-corrected chi connectivity index (χ2v) is 6.14. The van der Waals surface area contributed by atoms with Gasteiger partial charge in [-0.15, -0.1) is 0 Å². The van der Waals surface area contributed by atoms with Crippen LogP contribution in [0.15, 0.2) is 48.5 Å². The smallest absolute Gasteiger partial charge is 0.217 e. The first kappa shape index (κ1) is 15.1. The van der Waals surface area contributed by atoms with E-state index < -0.39 is 0 Å². The van der Waals surface area contributed by atoms with Gasteiger partial charge >= 0.3 is 0 Å². The maximum Gasteiger partial charge on any atom is 0.217 e. The maximum absolute atomic E-state index is 11.4. The maximum atomic E-state index is 11.4. The molecule has 0 aliphatic heterocycles. The highest BCUT2D eigenvalue weighted by molar-refractivity contribution is 6.42. The van der Waals surface area contributed by atoms with Gasteiger partial charge in [-0.2, -0.15) is 0 Å². The van der Waals surface area contributed by atoms with Crippen LogP contribution < -0.4 is 5.32 Å². The molecule has 1 N–H and O–H groups in total. The standard InChI is InChI=1S/C18H15Cl2NO/c1-11(22)21-18-9-7-13(14-4-2-3-5-15(14)18)12-6-8-16(19)17(20)10-12/h2-8,10,18H,9H2,1H3,(H,21,22). The quantitative estimate of drug-likeness (QED) is 0.823. The molecule has 1 aliphatic rings. The van der Waals surface area contributed by atoms with Gasteiger partial charge in [0.25, 0.3) is 0 Å². The van der Waals surface area contributed by atoms with E-state index in [-0.39, 0.29) is 11.9 Å². The Kier molecular flexibility index (Phi) is 4.23. The van der Waals surface area contributed by atoms with E-state index >= 15 is 0 Å². The monoisotopic (exact) mass is 331 g/mol. The van der Waals surface area contributed by atoms with Gasteiger partial charge in [-0.05, 0) is 40.8 Å². The van der Waals surface area contributed by atoms with E-state index in [0.29, 0.717) is 10.0 Å². The first-order valence-corrected chi connectivity index (χ1v) is 7.84. The number of rotatable bonds is 2. The lowest BCUT2D eigenvalue weighted by Gasteiger charge is -2.26. The number of amides is 1. The van der Waals surface area contributed by atoms with E-state index in [9.17, 15) is 4.79 Å². The molecule has 0 fully saturated rings. The first-order valence-electron chi connectivity index (χ1n) is 7.08. The molecule has 0 saturated heterocycles. The van der Waals surface area contributed by atoms with Gasteiger partial charge in [0.1, 0.15) is 0 Å². The second kappa shape index (κ2) is 6.15. The molecule has 0 saturated carbocycles. The first-order chi connectivity index (χ1) is 10.6. The summed E-state index contributed by atoms with van der Waals surface area (Å²) in [5.74, 6) is -0.0220. The number of hydrogen-bond donors (Lipinski definition) is 1. The van der Waals surface area contributed by atoms with Gasteiger partial charge in [0, 0.05) is 6.92 Å². The highest BCUT2D eigenvalue weighted by Gasteiger charge is 2.22. The van der Waals surface area contributed by atoms with E-state index in [4.69, 9.17) is 23.2 Å². The van der Waals surface area contributed by atoms with Crippen LogP contribution in [0.25, 0.3) is 5.57 Å². The van der Waals surface area contributed by atoms with E-state index in [1.807, 2.05) is 30.3 Å². The predicted molar refractivity (Wildman–Crippen MR) is 91.2 cm³/mol. The van der Waals surface area contributed by atoms with Crippen molar-refractivity contribution in [2.24, 2.45) is 0 Å². The fraction of sp³-hybridized carbons (Fsp3) is 0.167. The molecule has 0 bridgehead atoms. The lowest BCUT2D eigenvalue weighted by Crippen LogP contribution is -2.27. The number of fused-ring (bicyclic) bond motifs is 1. The Labute approximate surface area is 139 Å². The minimum Gasteiger partial charge on any atom is -0.349 e. The number of carbonyl (C=O) groups excluding carboxylic acids is 1. The van der Waals surface area contributed by atoms with Crippen LogP contribution in [0.5, 0.6) is 0 Å². The Morgan fingerprint density at radius 1 is 1.14 bits per heavy atom. The summed E-state index contributed by atoms with van der Waals surface area (Å²) in [7, 11) is 0. The number of hydrogen-bond acceptors (Lipinski definition) is 1. The van der Waals surface area contributed by atoms with E-state index in [1.165, 1.54) is 0 Å². The Morgan fingerprint density at radius 2 is 1.91 bits per heavy atom. The van der Waals surface area contributed by atoms with Crippen LogP contribution in [-0.2, 0) is 4.79 Å². The summed E-state index contributed by atoms with van der Waals surface area (Å²) in [6.07, 6.45) is 2.90. The van der Waals surface area contributed by atoms with Gasteiger partial charge in [0.05, 0.1) is 16.1 Å². The van der Waals surface area contributed by atoms with Gasteiger partial charge in [-0.3, -0.25) is 4.79 Å². The Hall–Kier alpha value is -1.77. The van der Waals surface area contributed by atoms with Gasteiger partial charge in [0.2, 0.25) is 5.91 Å². The molecule has 0 aromatic heterocycles.